The largest absolute Gasteiger partial charge is 0.490 e. The third kappa shape index (κ3) is 5.91. The fourth-order valence-corrected chi connectivity index (χ4v) is 2.13. The van der Waals surface area contributed by atoms with Crippen LogP contribution in [0.3, 0.4) is 0 Å². The number of nitrogens with zero attached hydrogens (tertiary/aromatic N) is 1. The van der Waals surface area contributed by atoms with Gasteiger partial charge >= 0.3 is 11.8 Å². The Bertz CT molecular complexity index is 836. The van der Waals surface area contributed by atoms with Gasteiger partial charge < -0.3 is 10.1 Å². The van der Waals surface area contributed by atoms with Gasteiger partial charge in [0.2, 0.25) is 0 Å². The molecule has 0 aromatic heterocycles. The van der Waals surface area contributed by atoms with Gasteiger partial charge in [0.15, 0.2) is 0 Å². The number of hydrazone groups is 1. The van der Waals surface area contributed by atoms with Gasteiger partial charge in [-0.05, 0) is 48.0 Å². The number of ether oxygens (including phenoxy) is 1. The fourth-order valence-electron chi connectivity index (χ4n) is 1.79. The number of rotatable bonds is 6. The molecule has 0 saturated carbocycles. The molecule has 0 aliphatic heterocycles. The molecule has 0 aliphatic carbocycles. The number of hydrogen-bond acceptors (Lipinski definition) is 4. The first kappa shape index (κ1) is 19.5. The second kappa shape index (κ2) is 9.60. The van der Waals surface area contributed by atoms with Gasteiger partial charge in [0, 0.05) is 5.02 Å². The van der Waals surface area contributed by atoms with Crippen molar-refractivity contribution in [2.45, 2.75) is 0 Å². The first-order valence-electron chi connectivity index (χ1n) is 7.43. The molecule has 0 aliphatic rings. The van der Waals surface area contributed by atoms with E-state index >= 15 is 0 Å². The summed E-state index contributed by atoms with van der Waals surface area (Å²) in [5.41, 5.74) is 3.08. The van der Waals surface area contributed by atoms with Crippen LogP contribution >= 0.6 is 23.2 Å². The highest BCUT2D eigenvalue weighted by Crippen LogP contribution is 2.25. The Labute approximate surface area is 160 Å². The number of hydrogen-bond donors (Lipinski definition) is 2. The Kier molecular flexibility index (Phi) is 7.20. The van der Waals surface area contributed by atoms with Crippen LogP contribution in [0, 0.1) is 0 Å². The smallest absolute Gasteiger partial charge is 0.329 e. The van der Waals surface area contributed by atoms with Crippen molar-refractivity contribution in [3.05, 3.63) is 70.7 Å². The van der Waals surface area contributed by atoms with E-state index in [-0.39, 0.29) is 10.7 Å². The topological polar surface area (TPSA) is 79.8 Å². The number of nitrogens with one attached hydrogen (secondary N) is 2. The Balaban J connectivity index is 1.88. The number of carbonyl (C=O) groups is 2. The van der Waals surface area contributed by atoms with E-state index in [2.05, 4.69) is 22.4 Å². The molecule has 0 spiro atoms. The summed E-state index contributed by atoms with van der Waals surface area (Å²) < 4.78 is 5.35. The lowest BCUT2D eigenvalue weighted by Crippen LogP contribution is -2.32. The molecular formula is C18H15Cl2N3O3. The van der Waals surface area contributed by atoms with Crippen LogP contribution in [0.5, 0.6) is 5.75 Å². The number of amides is 2. The minimum atomic E-state index is -0.941. The summed E-state index contributed by atoms with van der Waals surface area (Å²) in [4.78, 5) is 23.6. The van der Waals surface area contributed by atoms with E-state index in [4.69, 9.17) is 27.9 Å². The summed E-state index contributed by atoms with van der Waals surface area (Å²) in [5, 5.41) is 6.74. The lowest BCUT2D eigenvalue weighted by atomic mass is 10.2. The van der Waals surface area contributed by atoms with E-state index in [1.54, 1.807) is 36.4 Å². The second-order valence-corrected chi connectivity index (χ2v) is 5.79. The van der Waals surface area contributed by atoms with Crippen LogP contribution in [0.1, 0.15) is 5.56 Å². The van der Waals surface area contributed by atoms with Gasteiger partial charge in [0.1, 0.15) is 12.4 Å². The molecule has 2 amide bonds. The molecule has 0 saturated heterocycles. The Morgan fingerprint density at radius 3 is 2.54 bits per heavy atom. The quantitative estimate of drug-likeness (QED) is 0.341. The molecule has 2 N–H and O–H groups in total. The van der Waals surface area contributed by atoms with Crippen molar-refractivity contribution in [1.82, 2.24) is 5.43 Å². The molecule has 6 nitrogen and oxygen atoms in total. The average Bonchev–Trinajstić information content (AvgIpc) is 2.64. The van der Waals surface area contributed by atoms with Gasteiger partial charge in [-0.1, -0.05) is 35.9 Å². The fraction of sp³-hybridized carbons (Fsp3) is 0.0556. The first-order valence-corrected chi connectivity index (χ1v) is 8.18. The molecule has 0 unspecified atom stereocenters. The van der Waals surface area contributed by atoms with E-state index in [0.29, 0.717) is 17.4 Å². The lowest BCUT2D eigenvalue weighted by molar-refractivity contribution is -0.136. The van der Waals surface area contributed by atoms with Crippen LogP contribution in [-0.4, -0.2) is 24.6 Å². The molecule has 2 rings (SSSR count). The molecular weight excluding hydrogens is 377 g/mol. The minimum absolute atomic E-state index is 0.235. The summed E-state index contributed by atoms with van der Waals surface area (Å²) in [6, 6.07) is 11.5. The van der Waals surface area contributed by atoms with Crippen LogP contribution in [0.15, 0.2) is 60.2 Å². The van der Waals surface area contributed by atoms with Gasteiger partial charge in [0.25, 0.3) is 0 Å². The summed E-state index contributed by atoms with van der Waals surface area (Å²) >= 11 is 11.7. The second-order valence-electron chi connectivity index (χ2n) is 4.95. The van der Waals surface area contributed by atoms with Crippen LogP contribution in [-0.2, 0) is 9.59 Å². The lowest BCUT2D eigenvalue weighted by Gasteiger charge is -2.06. The molecule has 134 valence electrons. The van der Waals surface area contributed by atoms with Crippen LogP contribution in [0.2, 0.25) is 10.0 Å². The maximum absolute atomic E-state index is 11.8. The Morgan fingerprint density at radius 1 is 1.12 bits per heavy atom. The Hall–Kier alpha value is -2.83. The zero-order valence-corrected chi connectivity index (χ0v) is 15.1. The van der Waals surface area contributed by atoms with Gasteiger partial charge in [-0.2, -0.15) is 5.10 Å². The van der Waals surface area contributed by atoms with Gasteiger partial charge in [-0.25, -0.2) is 5.43 Å². The van der Waals surface area contributed by atoms with Crippen molar-refractivity contribution in [2.24, 2.45) is 5.10 Å². The van der Waals surface area contributed by atoms with Crippen molar-refractivity contribution >= 4 is 46.9 Å². The molecule has 0 atom stereocenters. The van der Waals surface area contributed by atoms with Crippen molar-refractivity contribution in [1.29, 1.82) is 0 Å². The SMILES string of the molecule is C=CCOc1ccc(/C=N\NC(=O)C(=O)Nc2cc(Cl)ccc2Cl)cc1. The number of anilines is 1. The van der Waals surface area contributed by atoms with Gasteiger partial charge in [0.05, 0.1) is 16.9 Å². The van der Waals surface area contributed by atoms with E-state index in [1.165, 1.54) is 18.3 Å². The minimum Gasteiger partial charge on any atom is -0.490 e. The summed E-state index contributed by atoms with van der Waals surface area (Å²) in [7, 11) is 0. The predicted molar refractivity (Wildman–Crippen MR) is 103 cm³/mol. The normalized spacial score (nSPS) is 10.4. The number of carbonyl (C=O) groups excluding carboxylic acids is 2. The molecule has 2 aromatic rings. The zero-order valence-electron chi connectivity index (χ0n) is 13.5. The van der Waals surface area contributed by atoms with Crippen molar-refractivity contribution in [3.8, 4) is 5.75 Å². The van der Waals surface area contributed by atoms with Gasteiger partial charge in [-0.15, -0.1) is 0 Å². The molecule has 8 heteroatoms. The highest BCUT2D eigenvalue weighted by atomic mass is 35.5. The van der Waals surface area contributed by atoms with Crippen LogP contribution in [0.4, 0.5) is 5.69 Å². The summed E-state index contributed by atoms with van der Waals surface area (Å²) in [6.45, 7) is 3.98. The monoisotopic (exact) mass is 391 g/mol. The summed E-state index contributed by atoms with van der Waals surface area (Å²) in [6.07, 6.45) is 3.04. The standard InChI is InChI=1S/C18H15Cl2N3O3/c1-2-9-26-14-6-3-12(4-7-14)11-21-23-18(25)17(24)22-16-10-13(19)5-8-15(16)20/h2-8,10-11H,1,9H2,(H,22,24)(H,23,25)/b21-11-. The third-order valence-electron chi connectivity index (χ3n) is 3.01. The van der Waals surface area contributed by atoms with E-state index < -0.39 is 11.8 Å². The zero-order chi connectivity index (χ0) is 18.9. The maximum Gasteiger partial charge on any atom is 0.329 e. The molecule has 0 heterocycles. The van der Waals surface area contributed by atoms with Crippen molar-refractivity contribution < 1.29 is 14.3 Å². The highest BCUT2D eigenvalue weighted by molar-refractivity contribution is 6.42. The predicted octanol–water partition coefficient (Wildman–Crippen LogP) is 3.65. The third-order valence-corrected chi connectivity index (χ3v) is 3.58. The van der Waals surface area contributed by atoms with Crippen LogP contribution in [0.25, 0.3) is 0 Å². The van der Waals surface area contributed by atoms with E-state index in [1.807, 2.05) is 0 Å². The molecule has 0 fully saturated rings. The van der Waals surface area contributed by atoms with Crippen molar-refractivity contribution in [2.75, 3.05) is 11.9 Å². The molecule has 26 heavy (non-hydrogen) atoms. The van der Waals surface area contributed by atoms with E-state index in [0.717, 1.165) is 5.56 Å². The molecule has 2 aromatic carbocycles. The first-order chi connectivity index (χ1) is 12.5. The number of benzene rings is 2. The van der Waals surface area contributed by atoms with Crippen LogP contribution < -0.4 is 15.5 Å². The molecule has 0 bridgehead atoms. The highest BCUT2D eigenvalue weighted by Gasteiger charge is 2.14. The average molecular weight is 392 g/mol. The Morgan fingerprint density at radius 2 is 1.85 bits per heavy atom. The summed E-state index contributed by atoms with van der Waals surface area (Å²) in [5.74, 6) is -1.17. The van der Waals surface area contributed by atoms with Gasteiger partial charge in [-0.3, -0.25) is 9.59 Å². The van der Waals surface area contributed by atoms with E-state index in [9.17, 15) is 9.59 Å². The molecule has 0 radical (unpaired) electrons. The number of halogens is 2. The maximum atomic E-state index is 11.8. The van der Waals surface area contributed by atoms with Crippen molar-refractivity contribution in [3.63, 3.8) is 0 Å².